The molecule has 0 radical (unpaired) electrons. The number of nitrogens with zero attached hydrogens (tertiary/aromatic N) is 1. The molecule has 6 rings (SSSR count). The van der Waals surface area contributed by atoms with Gasteiger partial charge in [0.25, 0.3) is 0 Å². The molecule has 260 valence electrons. The van der Waals surface area contributed by atoms with Gasteiger partial charge in [-0.2, -0.15) is 0 Å². The van der Waals surface area contributed by atoms with Crippen molar-refractivity contribution < 1.29 is 43.2 Å². The van der Waals surface area contributed by atoms with Gasteiger partial charge in [0.2, 0.25) is 11.8 Å². The number of carbonyl (C=O) groups is 3. The summed E-state index contributed by atoms with van der Waals surface area (Å²) in [6.45, 7) is 5.41. The molecule has 2 bridgehead atoms. The van der Waals surface area contributed by atoms with Crippen molar-refractivity contribution >= 4 is 17.8 Å². The van der Waals surface area contributed by atoms with Crippen LogP contribution in [0, 0.1) is 11.8 Å². The van der Waals surface area contributed by atoms with Crippen LogP contribution in [-0.2, 0) is 30.3 Å². The van der Waals surface area contributed by atoms with Crippen LogP contribution in [0.1, 0.15) is 62.6 Å². The Kier molecular flexibility index (Phi) is 9.23. The van der Waals surface area contributed by atoms with Crippen molar-refractivity contribution in [2.24, 2.45) is 11.8 Å². The zero-order chi connectivity index (χ0) is 35.1. The number of nitrogens with one attached hydrogen (secondary N) is 1. The molecular formula is C38H44N2O9. The maximum Gasteiger partial charge on any atom is 0.303 e. The number of fused-ring (bicyclic) bond motifs is 4. The van der Waals surface area contributed by atoms with Crippen molar-refractivity contribution in [3.63, 3.8) is 0 Å². The van der Waals surface area contributed by atoms with Crippen LogP contribution >= 0.6 is 0 Å². The molecule has 2 amide bonds. The number of carbonyl (C=O) groups excluding carboxylic acids is 3. The fourth-order valence-corrected chi connectivity index (χ4v) is 7.93. The van der Waals surface area contributed by atoms with E-state index in [1.165, 1.54) is 21.1 Å². The molecule has 3 aliphatic rings. The predicted molar refractivity (Wildman–Crippen MR) is 179 cm³/mol. The van der Waals surface area contributed by atoms with Gasteiger partial charge in [0.1, 0.15) is 29.2 Å². The highest BCUT2D eigenvalue weighted by molar-refractivity contribution is 5.86. The van der Waals surface area contributed by atoms with Crippen molar-refractivity contribution in [3.8, 4) is 23.0 Å². The van der Waals surface area contributed by atoms with Crippen molar-refractivity contribution in [2.75, 3.05) is 27.9 Å². The number of likely N-dealkylation sites (tertiary alicyclic amines) is 1. The average molecular weight is 673 g/mol. The van der Waals surface area contributed by atoms with Gasteiger partial charge in [0, 0.05) is 43.0 Å². The SMILES string of the molecule is CC[C@H](C)C(=O)N[C@@H]1CCCN1C(=O)[C@H]1[C@H](c2ccccc2)[C@@]2(c3ccc(OC)cc3)Oc3cc(OC)cc(OC)c3[C@]1(O)[C@H]2OC(C)=O. The first-order chi connectivity index (χ1) is 23.5. The lowest BCUT2D eigenvalue weighted by molar-refractivity contribution is -0.196. The minimum absolute atomic E-state index is 0.148. The molecule has 0 aromatic heterocycles. The van der Waals surface area contributed by atoms with Crippen molar-refractivity contribution in [3.05, 3.63) is 83.4 Å². The van der Waals surface area contributed by atoms with Crippen LogP contribution < -0.4 is 24.3 Å². The summed E-state index contributed by atoms with van der Waals surface area (Å²) in [5.41, 5.74) is -2.40. The van der Waals surface area contributed by atoms with Gasteiger partial charge >= 0.3 is 5.97 Å². The molecule has 2 aliphatic heterocycles. The Morgan fingerprint density at radius 1 is 1.00 bits per heavy atom. The lowest BCUT2D eigenvalue weighted by Crippen LogP contribution is -2.57. The van der Waals surface area contributed by atoms with E-state index in [1.54, 1.807) is 48.4 Å². The summed E-state index contributed by atoms with van der Waals surface area (Å²) in [5.74, 6) is -2.24. The molecule has 2 heterocycles. The number of ether oxygens (including phenoxy) is 5. The minimum atomic E-state index is -2.18. The Morgan fingerprint density at radius 3 is 2.31 bits per heavy atom. The first-order valence-corrected chi connectivity index (χ1v) is 16.7. The molecule has 3 aromatic carbocycles. The molecule has 11 heteroatoms. The molecule has 1 saturated heterocycles. The van der Waals surface area contributed by atoms with E-state index in [0.717, 1.165) is 0 Å². The molecule has 7 atom stereocenters. The van der Waals surface area contributed by atoms with E-state index in [9.17, 15) is 14.7 Å². The van der Waals surface area contributed by atoms with E-state index in [0.29, 0.717) is 48.4 Å². The summed E-state index contributed by atoms with van der Waals surface area (Å²) >= 11 is 0. The lowest BCUT2D eigenvalue weighted by atomic mass is 9.75. The number of hydrogen-bond acceptors (Lipinski definition) is 9. The van der Waals surface area contributed by atoms with Crippen molar-refractivity contribution in [2.45, 2.75) is 69.4 Å². The maximum absolute atomic E-state index is 15.4. The Labute approximate surface area is 286 Å². The number of amides is 2. The van der Waals surface area contributed by atoms with Crippen LogP contribution in [0.25, 0.3) is 0 Å². The number of aliphatic hydroxyl groups is 1. The summed E-state index contributed by atoms with van der Waals surface area (Å²) in [4.78, 5) is 43.2. The predicted octanol–water partition coefficient (Wildman–Crippen LogP) is 4.64. The van der Waals surface area contributed by atoms with Crippen LogP contribution in [0.4, 0.5) is 0 Å². The summed E-state index contributed by atoms with van der Waals surface area (Å²) < 4.78 is 30.2. The molecule has 49 heavy (non-hydrogen) atoms. The van der Waals surface area contributed by atoms with Gasteiger partial charge in [0.15, 0.2) is 17.3 Å². The van der Waals surface area contributed by atoms with Crippen LogP contribution in [0.15, 0.2) is 66.7 Å². The molecule has 1 aliphatic carbocycles. The Balaban J connectivity index is 1.66. The van der Waals surface area contributed by atoms with Crippen LogP contribution in [0.5, 0.6) is 23.0 Å². The lowest BCUT2D eigenvalue weighted by Gasteiger charge is -2.46. The van der Waals surface area contributed by atoms with Gasteiger partial charge in [-0.15, -0.1) is 0 Å². The normalized spacial score (nSPS) is 27.4. The summed E-state index contributed by atoms with van der Waals surface area (Å²) in [5, 5.41) is 16.6. The second-order valence-electron chi connectivity index (χ2n) is 13.0. The summed E-state index contributed by atoms with van der Waals surface area (Å²) in [7, 11) is 4.52. The van der Waals surface area contributed by atoms with Crippen LogP contribution in [0.2, 0.25) is 0 Å². The second-order valence-corrected chi connectivity index (χ2v) is 13.0. The van der Waals surface area contributed by atoms with E-state index in [-0.39, 0.29) is 28.9 Å². The smallest absolute Gasteiger partial charge is 0.303 e. The molecule has 0 unspecified atom stereocenters. The Bertz CT molecular complexity index is 1710. The van der Waals surface area contributed by atoms with Gasteiger partial charge in [-0.05, 0) is 37.0 Å². The quantitative estimate of drug-likeness (QED) is 0.296. The van der Waals surface area contributed by atoms with Gasteiger partial charge in [-0.1, -0.05) is 56.3 Å². The first-order valence-electron chi connectivity index (χ1n) is 16.7. The fraction of sp³-hybridized carbons (Fsp3) is 0.447. The monoisotopic (exact) mass is 672 g/mol. The molecule has 2 N–H and O–H groups in total. The number of hydrogen-bond donors (Lipinski definition) is 2. The van der Waals surface area contributed by atoms with Gasteiger partial charge in [-0.3, -0.25) is 14.4 Å². The van der Waals surface area contributed by atoms with Gasteiger partial charge in [0.05, 0.1) is 32.8 Å². The number of esters is 1. The topological polar surface area (TPSA) is 133 Å². The zero-order valence-corrected chi connectivity index (χ0v) is 28.7. The highest BCUT2D eigenvalue weighted by Crippen LogP contribution is 2.69. The summed E-state index contributed by atoms with van der Waals surface area (Å²) in [6.07, 6.45) is -0.147. The van der Waals surface area contributed by atoms with Gasteiger partial charge < -0.3 is 39.0 Å². The molecule has 2 fully saturated rings. The highest BCUT2D eigenvalue weighted by Gasteiger charge is 2.78. The number of benzene rings is 3. The van der Waals surface area contributed by atoms with E-state index in [4.69, 9.17) is 23.7 Å². The first kappa shape index (κ1) is 34.1. The number of rotatable bonds is 10. The third-order valence-electron chi connectivity index (χ3n) is 10.4. The van der Waals surface area contributed by atoms with Crippen molar-refractivity contribution in [1.29, 1.82) is 0 Å². The average Bonchev–Trinajstić information content (AvgIpc) is 3.63. The maximum atomic E-state index is 15.4. The molecular weight excluding hydrogens is 628 g/mol. The Morgan fingerprint density at radius 2 is 1.69 bits per heavy atom. The molecule has 11 nitrogen and oxygen atoms in total. The molecule has 3 aromatic rings. The van der Waals surface area contributed by atoms with E-state index in [1.807, 2.05) is 44.2 Å². The third kappa shape index (κ3) is 5.44. The molecule has 1 saturated carbocycles. The van der Waals surface area contributed by atoms with Crippen LogP contribution in [0.3, 0.4) is 0 Å². The Hall–Kier alpha value is -4.77. The van der Waals surface area contributed by atoms with E-state index >= 15 is 4.79 Å². The number of methoxy groups -OCH3 is 3. The van der Waals surface area contributed by atoms with Gasteiger partial charge in [-0.25, -0.2) is 0 Å². The van der Waals surface area contributed by atoms with Crippen LogP contribution in [-0.4, -0.2) is 67.9 Å². The largest absolute Gasteiger partial charge is 0.497 e. The molecule has 0 spiro atoms. The minimum Gasteiger partial charge on any atom is -0.497 e. The van der Waals surface area contributed by atoms with E-state index < -0.39 is 47.2 Å². The second kappa shape index (κ2) is 13.3. The summed E-state index contributed by atoms with van der Waals surface area (Å²) in [6, 6.07) is 19.7. The highest BCUT2D eigenvalue weighted by atomic mass is 16.6. The van der Waals surface area contributed by atoms with Crippen molar-refractivity contribution in [1.82, 2.24) is 10.2 Å². The fourth-order valence-electron chi connectivity index (χ4n) is 7.93. The third-order valence-corrected chi connectivity index (χ3v) is 10.4. The zero-order valence-electron chi connectivity index (χ0n) is 28.7. The van der Waals surface area contributed by atoms with E-state index in [2.05, 4.69) is 5.32 Å². The standard InChI is InChI=1S/C38H44N2O9/c1-7-22(2)34(42)39-30-14-11-19-40(30)35(43)33-31(24-12-9-8-10-13-24)38(25-15-17-26(45-4)18-16-25)36(48-23(3)41)37(33,44)32-28(47-6)20-27(46-5)21-29(32)49-38/h8-10,12-13,15-18,20-22,30-31,33,36,44H,7,11,14,19H2,1-6H3,(H,39,42)/t22-,30-,31-,33+,36+,37+,38+/m0/s1.